The summed E-state index contributed by atoms with van der Waals surface area (Å²) in [5, 5.41) is 11.7. The van der Waals surface area contributed by atoms with E-state index in [1.165, 1.54) is 12.1 Å². The summed E-state index contributed by atoms with van der Waals surface area (Å²) < 4.78 is 13.4. The van der Waals surface area contributed by atoms with Crippen LogP contribution in [0.2, 0.25) is 5.02 Å². The number of carbonyl (C=O) groups is 1. The summed E-state index contributed by atoms with van der Waals surface area (Å²) in [7, 11) is 0. The minimum absolute atomic E-state index is 0.0415. The van der Waals surface area contributed by atoms with Crippen molar-refractivity contribution < 1.29 is 14.3 Å². The molecule has 0 radical (unpaired) electrons. The van der Waals surface area contributed by atoms with Gasteiger partial charge in [-0.05, 0) is 35.0 Å². The first-order chi connectivity index (χ1) is 7.40. The minimum atomic E-state index is -0.908. The van der Waals surface area contributed by atoms with Gasteiger partial charge in [-0.2, -0.15) is 0 Å². The van der Waals surface area contributed by atoms with Gasteiger partial charge in [-0.15, -0.1) is 0 Å². The molecule has 3 nitrogen and oxygen atoms in total. The van der Waals surface area contributed by atoms with Gasteiger partial charge in [0.25, 0.3) is 0 Å². The first kappa shape index (κ1) is 13.3. The zero-order valence-corrected chi connectivity index (χ0v) is 10.8. The predicted molar refractivity (Wildman–Crippen MR) is 64.4 cm³/mol. The second-order valence-corrected chi connectivity index (χ2v) is 4.65. The van der Waals surface area contributed by atoms with E-state index >= 15 is 0 Å². The molecular weight excluding hydrogens is 300 g/mol. The molecule has 0 aliphatic heterocycles. The average Bonchev–Trinajstić information content (AvgIpc) is 2.09. The number of nitrogens with one attached hydrogen (secondary N) is 1. The van der Waals surface area contributed by atoms with Gasteiger partial charge in [0, 0.05) is 10.5 Å². The van der Waals surface area contributed by atoms with E-state index in [4.69, 9.17) is 16.7 Å². The molecule has 1 unspecified atom stereocenters. The lowest BCUT2D eigenvalue weighted by molar-refractivity contribution is -0.137. The van der Waals surface area contributed by atoms with E-state index in [-0.39, 0.29) is 17.5 Å². The SMILES string of the molecule is CC(CC(=O)O)Nc1c(Cl)cc(F)cc1Br. The maximum Gasteiger partial charge on any atom is 0.305 e. The Morgan fingerprint density at radius 2 is 2.31 bits per heavy atom. The molecule has 0 saturated carbocycles. The van der Waals surface area contributed by atoms with E-state index in [1.54, 1.807) is 6.92 Å². The molecule has 0 aromatic heterocycles. The molecule has 0 amide bonds. The number of aliphatic carboxylic acids is 1. The molecule has 0 heterocycles. The predicted octanol–water partition coefficient (Wildman–Crippen LogP) is 3.52. The van der Waals surface area contributed by atoms with Crippen LogP contribution in [0.25, 0.3) is 0 Å². The monoisotopic (exact) mass is 309 g/mol. The first-order valence-electron chi connectivity index (χ1n) is 4.53. The molecule has 0 aliphatic carbocycles. The van der Waals surface area contributed by atoms with E-state index < -0.39 is 11.8 Å². The molecule has 1 aromatic rings. The van der Waals surface area contributed by atoms with Crippen LogP contribution >= 0.6 is 27.5 Å². The number of benzene rings is 1. The molecule has 1 aromatic carbocycles. The smallest absolute Gasteiger partial charge is 0.305 e. The van der Waals surface area contributed by atoms with Crippen molar-refractivity contribution in [2.75, 3.05) is 5.32 Å². The highest BCUT2D eigenvalue weighted by molar-refractivity contribution is 9.10. The Morgan fingerprint density at radius 3 is 2.81 bits per heavy atom. The second kappa shape index (κ2) is 5.50. The summed E-state index contributed by atoms with van der Waals surface area (Å²) in [6.45, 7) is 1.71. The van der Waals surface area contributed by atoms with Crippen LogP contribution in [0.3, 0.4) is 0 Å². The Hall–Kier alpha value is -0.810. The first-order valence-corrected chi connectivity index (χ1v) is 5.70. The third-order valence-electron chi connectivity index (χ3n) is 1.88. The van der Waals surface area contributed by atoms with Gasteiger partial charge in [0.2, 0.25) is 0 Å². The molecule has 0 bridgehead atoms. The summed E-state index contributed by atoms with van der Waals surface area (Å²) >= 11 is 8.99. The molecule has 1 atom stereocenters. The van der Waals surface area contributed by atoms with Gasteiger partial charge in [-0.1, -0.05) is 11.6 Å². The highest BCUT2D eigenvalue weighted by Gasteiger charge is 2.12. The molecule has 2 N–H and O–H groups in total. The van der Waals surface area contributed by atoms with Crippen LogP contribution in [-0.2, 0) is 4.79 Å². The van der Waals surface area contributed by atoms with Crippen LogP contribution in [0.4, 0.5) is 10.1 Å². The fourth-order valence-corrected chi connectivity index (χ4v) is 2.16. The van der Waals surface area contributed by atoms with Crippen molar-refractivity contribution >= 4 is 39.2 Å². The highest BCUT2D eigenvalue weighted by atomic mass is 79.9. The number of rotatable bonds is 4. The van der Waals surface area contributed by atoms with Crippen molar-refractivity contribution in [2.24, 2.45) is 0 Å². The topological polar surface area (TPSA) is 49.3 Å². The molecule has 0 aliphatic rings. The van der Waals surface area contributed by atoms with Gasteiger partial charge in [0.15, 0.2) is 0 Å². The average molecular weight is 311 g/mol. The van der Waals surface area contributed by atoms with Crippen LogP contribution in [0.15, 0.2) is 16.6 Å². The Labute approximate surface area is 106 Å². The van der Waals surface area contributed by atoms with E-state index in [0.29, 0.717) is 10.2 Å². The van der Waals surface area contributed by atoms with Crippen molar-refractivity contribution in [1.82, 2.24) is 0 Å². The van der Waals surface area contributed by atoms with Gasteiger partial charge in [-0.3, -0.25) is 4.79 Å². The summed E-state index contributed by atoms with van der Waals surface area (Å²) in [4.78, 5) is 10.5. The van der Waals surface area contributed by atoms with Crippen molar-refractivity contribution in [3.63, 3.8) is 0 Å². The zero-order chi connectivity index (χ0) is 12.3. The summed E-state index contributed by atoms with van der Waals surface area (Å²) in [5.41, 5.74) is 0.497. The maximum absolute atomic E-state index is 12.9. The van der Waals surface area contributed by atoms with E-state index in [2.05, 4.69) is 21.2 Å². The Bertz CT molecular complexity index is 391. The number of anilines is 1. The molecule has 1 rings (SSSR count). The fourth-order valence-electron chi connectivity index (χ4n) is 1.24. The van der Waals surface area contributed by atoms with Crippen molar-refractivity contribution in [1.29, 1.82) is 0 Å². The van der Waals surface area contributed by atoms with Crippen molar-refractivity contribution in [3.8, 4) is 0 Å². The van der Waals surface area contributed by atoms with Gasteiger partial charge in [0.1, 0.15) is 5.82 Å². The van der Waals surface area contributed by atoms with Crippen LogP contribution in [0, 0.1) is 5.82 Å². The molecular formula is C10H10BrClFNO2. The third kappa shape index (κ3) is 3.64. The van der Waals surface area contributed by atoms with Gasteiger partial charge >= 0.3 is 5.97 Å². The Kier molecular flexibility index (Phi) is 4.56. The van der Waals surface area contributed by atoms with Crippen LogP contribution in [0.1, 0.15) is 13.3 Å². The number of carboxylic acid groups (broad SMARTS) is 1. The van der Waals surface area contributed by atoms with E-state index in [0.717, 1.165) is 0 Å². The second-order valence-electron chi connectivity index (χ2n) is 3.39. The Balaban J connectivity index is 2.85. The van der Waals surface area contributed by atoms with Gasteiger partial charge in [-0.25, -0.2) is 4.39 Å². The largest absolute Gasteiger partial charge is 0.481 e. The third-order valence-corrected chi connectivity index (χ3v) is 2.80. The standard InChI is InChI=1S/C10H10BrClFNO2/c1-5(2-9(15)16)14-10-7(11)3-6(13)4-8(10)12/h3-5,14H,2H2,1H3,(H,15,16). The molecule has 0 saturated heterocycles. The number of hydrogen-bond acceptors (Lipinski definition) is 2. The Morgan fingerprint density at radius 1 is 1.69 bits per heavy atom. The van der Waals surface area contributed by atoms with Crippen molar-refractivity contribution in [2.45, 2.75) is 19.4 Å². The zero-order valence-electron chi connectivity index (χ0n) is 8.43. The molecule has 16 heavy (non-hydrogen) atoms. The fraction of sp³-hybridized carbons (Fsp3) is 0.300. The lowest BCUT2D eigenvalue weighted by Gasteiger charge is -2.16. The molecule has 0 spiro atoms. The quantitative estimate of drug-likeness (QED) is 0.894. The van der Waals surface area contributed by atoms with E-state index in [9.17, 15) is 9.18 Å². The summed E-state index contributed by atoms with van der Waals surface area (Å²) in [6, 6.07) is 2.14. The van der Waals surface area contributed by atoms with Crippen molar-refractivity contribution in [3.05, 3.63) is 27.4 Å². The lowest BCUT2D eigenvalue weighted by atomic mass is 10.2. The number of halogens is 3. The number of carboxylic acids is 1. The van der Waals surface area contributed by atoms with E-state index in [1.807, 2.05) is 0 Å². The van der Waals surface area contributed by atoms with Crippen LogP contribution < -0.4 is 5.32 Å². The highest BCUT2D eigenvalue weighted by Crippen LogP contribution is 2.32. The number of hydrogen-bond donors (Lipinski definition) is 2. The minimum Gasteiger partial charge on any atom is -0.481 e. The molecule has 0 fully saturated rings. The summed E-state index contributed by atoms with van der Waals surface area (Å²) in [6.07, 6.45) is -0.0415. The molecule has 6 heteroatoms. The maximum atomic E-state index is 12.9. The lowest BCUT2D eigenvalue weighted by Crippen LogP contribution is -2.19. The molecule has 88 valence electrons. The van der Waals surface area contributed by atoms with Crippen LogP contribution in [0.5, 0.6) is 0 Å². The van der Waals surface area contributed by atoms with Gasteiger partial charge in [0.05, 0.1) is 17.1 Å². The van der Waals surface area contributed by atoms with Gasteiger partial charge < -0.3 is 10.4 Å². The summed E-state index contributed by atoms with van der Waals surface area (Å²) in [5.74, 6) is -1.36. The van der Waals surface area contributed by atoms with Crippen LogP contribution in [-0.4, -0.2) is 17.1 Å². The normalized spacial score (nSPS) is 12.2.